The molecule has 1 aromatic carbocycles. The first-order valence-corrected chi connectivity index (χ1v) is 4.77. The normalized spacial score (nSPS) is 17.3. The molecule has 1 N–H and O–H groups in total. The summed E-state index contributed by atoms with van der Waals surface area (Å²) in [6, 6.07) is 7.73. The highest BCUT2D eigenvalue weighted by atomic mass is 35.5. The van der Waals surface area contributed by atoms with Crippen LogP contribution >= 0.6 is 12.4 Å². The van der Waals surface area contributed by atoms with Gasteiger partial charge in [-0.2, -0.15) is 0 Å². The molecule has 3 heteroatoms. The molecule has 1 saturated carbocycles. The second-order valence-corrected chi connectivity index (χ2v) is 3.72. The lowest BCUT2D eigenvalue weighted by molar-refractivity contribution is 0.562. The zero-order valence-electron chi connectivity index (χ0n) is 8.16. The van der Waals surface area contributed by atoms with Crippen LogP contribution in [0.25, 0.3) is 0 Å². The SMILES string of the molecule is C[C@H](NC1CC1)c1cccc(F)c1.Cl. The Bertz CT molecular complexity index is 299. The molecular weight excluding hydrogens is 201 g/mol. The largest absolute Gasteiger partial charge is 0.307 e. The standard InChI is InChI=1S/C11H14FN.ClH/c1-8(13-11-5-6-11)9-3-2-4-10(12)7-9;/h2-4,7-8,11,13H,5-6H2,1H3;1H/t8-;/m0./s1. The Morgan fingerprint density at radius 2 is 2.14 bits per heavy atom. The molecule has 1 aliphatic carbocycles. The summed E-state index contributed by atoms with van der Waals surface area (Å²) < 4.78 is 12.9. The van der Waals surface area contributed by atoms with Gasteiger partial charge in [0.1, 0.15) is 5.82 Å². The van der Waals surface area contributed by atoms with Crippen LogP contribution in [0.4, 0.5) is 4.39 Å². The highest BCUT2D eigenvalue weighted by Gasteiger charge is 2.23. The van der Waals surface area contributed by atoms with E-state index in [1.165, 1.54) is 18.9 Å². The van der Waals surface area contributed by atoms with Crippen LogP contribution in [0, 0.1) is 5.82 Å². The molecule has 1 aliphatic rings. The molecule has 1 aromatic rings. The van der Waals surface area contributed by atoms with Crippen molar-refractivity contribution in [3.05, 3.63) is 35.6 Å². The van der Waals surface area contributed by atoms with Crippen LogP contribution in [-0.2, 0) is 0 Å². The summed E-state index contributed by atoms with van der Waals surface area (Å²) in [5.41, 5.74) is 1.03. The number of nitrogens with one attached hydrogen (secondary N) is 1. The highest BCUT2D eigenvalue weighted by Crippen LogP contribution is 2.23. The summed E-state index contributed by atoms with van der Waals surface area (Å²) in [6.45, 7) is 2.08. The van der Waals surface area contributed by atoms with Gasteiger partial charge in [-0.1, -0.05) is 12.1 Å². The molecule has 1 atom stereocenters. The summed E-state index contributed by atoms with van der Waals surface area (Å²) >= 11 is 0. The third-order valence-electron chi connectivity index (χ3n) is 2.41. The first-order chi connectivity index (χ1) is 6.25. The molecular formula is C11H15ClFN. The first kappa shape index (κ1) is 11.5. The Morgan fingerprint density at radius 3 is 2.71 bits per heavy atom. The van der Waals surface area contributed by atoms with E-state index in [1.807, 2.05) is 6.07 Å². The number of halogens is 2. The van der Waals surface area contributed by atoms with Gasteiger partial charge < -0.3 is 5.32 Å². The quantitative estimate of drug-likeness (QED) is 0.817. The van der Waals surface area contributed by atoms with Gasteiger partial charge in [0.15, 0.2) is 0 Å². The lowest BCUT2D eigenvalue weighted by Crippen LogP contribution is -2.20. The van der Waals surface area contributed by atoms with E-state index in [4.69, 9.17) is 0 Å². The summed E-state index contributed by atoms with van der Waals surface area (Å²) in [4.78, 5) is 0. The second kappa shape index (κ2) is 4.76. The molecule has 0 saturated heterocycles. The van der Waals surface area contributed by atoms with Crippen LogP contribution in [0.5, 0.6) is 0 Å². The zero-order valence-corrected chi connectivity index (χ0v) is 8.98. The van der Waals surface area contributed by atoms with Crippen molar-refractivity contribution < 1.29 is 4.39 Å². The summed E-state index contributed by atoms with van der Waals surface area (Å²) in [6.07, 6.45) is 2.53. The van der Waals surface area contributed by atoms with Crippen molar-refractivity contribution in [3.63, 3.8) is 0 Å². The van der Waals surface area contributed by atoms with Gasteiger partial charge in [-0.15, -0.1) is 12.4 Å². The third kappa shape index (κ3) is 2.96. The molecule has 14 heavy (non-hydrogen) atoms. The Hall–Kier alpha value is -0.600. The maximum absolute atomic E-state index is 12.9. The molecule has 0 bridgehead atoms. The highest BCUT2D eigenvalue weighted by molar-refractivity contribution is 5.85. The van der Waals surface area contributed by atoms with Gasteiger partial charge in [0.25, 0.3) is 0 Å². The lowest BCUT2D eigenvalue weighted by Gasteiger charge is -2.13. The molecule has 1 fully saturated rings. The fourth-order valence-corrected chi connectivity index (χ4v) is 1.48. The van der Waals surface area contributed by atoms with E-state index >= 15 is 0 Å². The summed E-state index contributed by atoms with van der Waals surface area (Å²) in [7, 11) is 0. The average molecular weight is 216 g/mol. The van der Waals surface area contributed by atoms with Crippen molar-refractivity contribution >= 4 is 12.4 Å². The van der Waals surface area contributed by atoms with Crippen LogP contribution in [0.3, 0.4) is 0 Å². The number of rotatable bonds is 3. The third-order valence-corrected chi connectivity index (χ3v) is 2.41. The van der Waals surface area contributed by atoms with E-state index < -0.39 is 0 Å². The first-order valence-electron chi connectivity index (χ1n) is 4.77. The van der Waals surface area contributed by atoms with Crippen molar-refractivity contribution in [1.29, 1.82) is 0 Å². The average Bonchev–Trinajstić information content (AvgIpc) is 2.88. The van der Waals surface area contributed by atoms with Crippen molar-refractivity contribution in [2.75, 3.05) is 0 Å². The second-order valence-electron chi connectivity index (χ2n) is 3.72. The maximum atomic E-state index is 12.9. The maximum Gasteiger partial charge on any atom is 0.123 e. The number of hydrogen-bond donors (Lipinski definition) is 1. The molecule has 78 valence electrons. The topological polar surface area (TPSA) is 12.0 Å². The van der Waals surface area contributed by atoms with Crippen LogP contribution in [0.1, 0.15) is 31.4 Å². The molecule has 0 heterocycles. The van der Waals surface area contributed by atoms with E-state index in [0.29, 0.717) is 6.04 Å². The van der Waals surface area contributed by atoms with Gasteiger partial charge >= 0.3 is 0 Å². The van der Waals surface area contributed by atoms with Crippen LogP contribution in [-0.4, -0.2) is 6.04 Å². The summed E-state index contributed by atoms with van der Waals surface area (Å²) in [5.74, 6) is -0.151. The minimum atomic E-state index is -0.151. The fraction of sp³-hybridized carbons (Fsp3) is 0.455. The fourth-order valence-electron chi connectivity index (χ4n) is 1.48. The molecule has 0 aromatic heterocycles. The molecule has 0 amide bonds. The van der Waals surface area contributed by atoms with Crippen LogP contribution in [0.15, 0.2) is 24.3 Å². The predicted octanol–water partition coefficient (Wildman–Crippen LogP) is 3.06. The molecule has 0 unspecified atom stereocenters. The van der Waals surface area contributed by atoms with E-state index in [9.17, 15) is 4.39 Å². The molecule has 0 aliphatic heterocycles. The van der Waals surface area contributed by atoms with Crippen LogP contribution < -0.4 is 5.32 Å². The smallest absolute Gasteiger partial charge is 0.123 e. The zero-order chi connectivity index (χ0) is 9.26. The van der Waals surface area contributed by atoms with Crippen molar-refractivity contribution in [2.45, 2.75) is 31.8 Å². The Balaban J connectivity index is 0.000000980. The van der Waals surface area contributed by atoms with Gasteiger partial charge in [0, 0.05) is 12.1 Å². The predicted molar refractivity (Wildman–Crippen MR) is 58.2 cm³/mol. The van der Waals surface area contributed by atoms with E-state index in [1.54, 1.807) is 12.1 Å². The van der Waals surface area contributed by atoms with Gasteiger partial charge in [-0.3, -0.25) is 0 Å². The van der Waals surface area contributed by atoms with Crippen LogP contribution in [0.2, 0.25) is 0 Å². The Kier molecular flexibility index (Phi) is 3.90. The monoisotopic (exact) mass is 215 g/mol. The molecule has 0 radical (unpaired) electrons. The molecule has 1 nitrogen and oxygen atoms in total. The minimum absolute atomic E-state index is 0. The van der Waals surface area contributed by atoms with E-state index in [-0.39, 0.29) is 24.3 Å². The Labute approximate surface area is 90.1 Å². The van der Waals surface area contributed by atoms with Gasteiger partial charge in [-0.05, 0) is 37.5 Å². The number of hydrogen-bond acceptors (Lipinski definition) is 1. The minimum Gasteiger partial charge on any atom is -0.307 e. The van der Waals surface area contributed by atoms with E-state index in [0.717, 1.165) is 5.56 Å². The van der Waals surface area contributed by atoms with Gasteiger partial charge in [0.2, 0.25) is 0 Å². The summed E-state index contributed by atoms with van der Waals surface area (Å²) in [5, 5.41) is 3.43. The number of benzene rings is 1. The van der Waals surface area contributed by atoms with Gasteiger partial charge in [0.05, 0.1) is 0 Å². The van der Waals surface area contributed by atoms with Crippen molar-refractivity contribution in [3.8, 4) is 0 Å². The van der Waals surface area contributed by atoms with E-state index in [2.05, 4.69) is 12.2 Å². The lowest BCUT2D eigenvalue weighted by atomic mass is 10.1. The van der Waals surface area contributed by atoms with Crippen molar-refractivity contribution in [1.82, 2.24) is 5.32 Å². The Morgan fingerprint density at radius 1 is 1.43 bits per heavy atom. The molecule has 0 spiro atoms. The van der Waals surface area contributed by atoms with Crippen molar-refractivity contribution in [2.24, 2.45) is 0 Å². The molecule has 2 rings (SSSR count). The van der Waals surface area contributed by atoms with Gasteiger partial charge in [-0.25, -0.2) is 4.39 Å².